The minimum atomic E-state index is -0.348. The van der Waals surface area contributed by atoms with Crippen molar-refractivity contribution in [2.45, 2.75) is 26.1 Å². The first-order valence-corrected chi connectivity index (χ1v) is 6.57. The molecule has 0 spiro atoms. The predicted molar refractivity (Wildman–Crippen MR) is 70.6 cm³/mol. The van der Waals surface area contributed by atoms with Crippen molar-refractivity contribution in [1.82, 2.24) is 0 Å². The summed E-state index contributed by atoms with van der Waals surface area (Å²) < 4.78 is 18.6. The Bertz CT molecular complexity index is 443. The third kappa shape index (κ3) is 4.29. The Balaban J connectivity index is 1.87. The lowest BCUT2D eigenvalue weighted by molar-refractivity contribution is -0.907. The van der Waals surface area contributed by atoms with Crippen LogP contribution in [-0.2, 0) is 9.53 Å². The lowest BCUT2D eigenvalue weighted by atomic mass is 10.2. The SMILES string of the molecule is C[C@H]1C[NH+](CC(=O)Nc2cccc(F)c2)C[C@H](C)O1. The third-order valence-electron chi connectivity index (χ3n) is 3.14. The first-order valence-electron chi connectivity index (χ1n) is 6.57. The Morgan fingerprint density at radius 3 is 2.74 bits per heavy atom. The molecule has 0 aliphatic carbocycles. The first kappa shape index (κ1) is 14.0. The van der Waals surface area contributed by atoms with Crippen LogP contribution in [0.2, 0.25) is 0 Å². The monoisotopic (exact) mass is 267 g/mol. The number of benzene rings is 1. The smallest absolute Gasteiger partial charge is 0.279 e. The highest BCUT2D eigenvalue weighted by Gasteiger charge is 2.27. The van der Waals surface area contributed by atoms with E-state index in [1.165, 1.54) is 17.0 Å². The molecule has 104 valence electrons. The van der Waals surface area contributed by atoms with Crippen molar-refractivity contribution in [2.24, 2.45) is 0 Å². The van der Waals surface area contributed by atoms with Crippen LogP contribution in [0.4, 0.5) is 10.1 Å². The molecule has 1 saturated heterocycles. The minimum Gasteiger partial charge on any atom is -0.364 e. The maximum absolute atomic E-state index is 13.0. The molecule has 1 aliphatic heterocycles. The number of carbonyl (C=O) groups is 1. The van der Waals surface area contributed by atoms with Crippen LogP contribution in [0, 0.1) is 5.82 Å². The zero-order valence-electron chi connectivity index (χ0n) is 11.3. The fourth-order valence-electron chi connectivity index (χ4n) is 2.53. The molecule has 19 heavy (non-hydrogen) atoms. The van der Waals surface area contributed by atoms with Gasteiger partial charge in [-0.3, -0.25) is 4.79 Å². The molecule has 5 heteroatoms. The fraction of sp³-hybridized carbons (Fsp3) is 0.500. The average molecular weight is 267 g/mol. The summed E-state index contributed by atoms with van der Waals surface area (Å²) in [6.45, 7) is 6.05. The fourth-order valence-corrected chi connectivity index (χ4v) is 2.53. The van der Waals surface area contributed by atoms with Crippen LogP contribution in [0.3, 0.4) is 0 Å². The van der Waals surface area contributed by atoms with Gasteiger partial charge in [-0.2, -0.15) is 0 Å². The van der Waals surface area contributed by atoms with Crippen molar-refractivity contribution >= 4 is 11.6 Å². The second-order valence-corrected chi connectivity index (χ2v) is 5.15. The van der Waals surface area contributed by atoms with Crippen LogP contribution in [0.25, 0.3) is 0 Å². The molecule has 0 unspecified atom stereocenters. The van der Waals surface area contributed by atoms with Gasteiger partial charge in [0.15, 0.2) is 6.54 Å². The zero-order chi connectivity index (χ0) is 13.8. The van der Waals surface area contributed by atoms with E-state index in [4.69, 9.17) is 4.74 Å². The quantitative estimate of drug-likeness (QED) is 0.835. The van der Waals surface area contributed by atoms with Crippen molar-refractivity contribution in [3.63, 3.8) is 0 Å². The number of hydrogen-bond donors (Lipinski definition) is 2. The highest BCUT2D eigenvalue weighted by Crippen LogP contribution is 2.08. The summed E-state index contributed by atoms with van der Waals surface area (Å²) in [5, 5.41) is 2.72. The molecule has 2 rings (SSSR count). The second-order valence-electron chi connectivity index (χ2n) is 5.15. The lowest BCUT2D eigenvalue weighted by Crippen LogP contribution is -3.16. The van der Waals surface area contributed by atoms with Crippen molar-refractivity contribution in [2.75, 3.05) is 25.0 Å². The van der Waals surface area contributed by atoms with Gasteiger partial charge in [-0.05, 0) is 32.0 Å². The third-order valence-corrected chi connectivity index (χ3v) is 3.14. The number of carbonyl (C=O) groups excluding carboxylic acids is 1. The molecule has 1 aliphatic rings. The normalized spacial score (nSPS) is 27.0. The summed E-state index contributed by atoms with van der Waals surface area (Å²) >= 11 is 0. The Morgan fingerprint density at radius 2 is 2.11 bits per heavy atom. The molecule has 2 N–H and O–H groups in total. The Kier molecular flexibility index (Phi) is 4.50. The number of morpholine rings is 1. The van der Waals surface area contributed by atoms with E-state index >= 15 is 0 Å². The van der Waals surface area contributed by atoms with E-state index in [1.54, 1.807) is 12.1 Å². The summed E-state index contributed by atoms with van der Waals surface area (Å²) in [5.41, 5.74) is 0.499. The van der Waals surface area contributed by atoms with Crippen LogP contribution in [-0.4, -0.2) is 37.7 Å². The predicted octanol–water partition coefficient (Wildman–Crippen LogP) is 0.456. The van der Waals surface area contributed by atoms with E-state index in [0.717, 1.165) is 13.1 Å². The first-order chi connectivity index (χ1) is 9.02. The van der Waals surface area contributed by atoms with Gasteiger partial charge >= 0.3 is 0 Å². The minimum absolute atomic E-state index is 0.0955. The number of ether oxygens (including phenoxy) is 1. The van der Waals surface area contributed by atoms with E-state index in [9.17, 15) is 9.18 Å². The topological polar surface area (TPSA) is 42.8 Å². The summed E-state index contributed by atoms with van der Waals surface area (Å²) in [5.74, 6) is -0.444. The Labute approximate surface area is 112 Å². The number of nitrogens with one attached hydrogen (secondary N) is 2. The lowest BCUT2D eigenvalue weighted by Gasteiger charge is -2.31. The van der Waals surface area contributed by atoms with Crippen LogP contribution in [0.1, 0.15) is 13.8 Å². The molecule has 0 saturated carbocycles. The van der Waals surface area contributed by atoms with Gasteiger partial charge in [-0.25, -0.2) is 4.39 Å². The molecule has 0 bridgehead atoms. The number of quaternary nitrogens is 1. The molecule has 0 aromatic heterocycles. The molecule has 1 aromatic carbocycles. The Hall–Kier alpha value is -1.46. The van der Waals surface area contributed by atoms with Crippen molar-refractivity contribution in [1.29, 1.82) is 0 Å². The summed E-state index contributed by atoms with van der Waals surface area (Å²) in [6, 6.07) is 5.93. The highest BCUT2D eigenvalue weighted by atomic mass is 19.1. The number of hydrogen-bond acceptors (Lipinski definition) is 2. The Morgan fingerprint density at radius 1 is 1.42 bits per heavy atom. The molecular weight excluding hydrogens is 247 g/mol. The number of amides is 1. The van der Waals surface area contributed by atoms with Crippen LogP contribution in [0.5, 0.6) is 0 Å². The van der Waals surface area contributed by atoms with E-state index in [0.29, 0.717) is 12.2 Å². The largest absolute Gasteiger partial charge is 0.364 e. The molecule has 4 nitrogen and oxygen atoms in total. The van der Waals surface area contributed by atoms with Gasteiger partial charge in [-0.15, -0.1) is 0 Å². The van der Waals surface area contributed by atoms with Crippen molar-refractivity contribution in [3.05, 3.63) is 30.1 Å². The van der Waals surface area contributed by atoms with Gasteiger partial charge < -0.3 is 15.0 Å². The number of rotatable bonds is 3. The average Bonchev–Trinajstić information content (AvgIpc) is 2.26. The van der Waals surface area contributed by atoms with Crippen LogP contribution < -0.4 is 10.2 Å². The van der Waals surface area contributed by atoms with E-state index < -0.39 is 0 Å². The number of halogens is 1. The second kappa shape index (κ2) is 6.12. The standard InChI is InChI=1S/C14H19FN2O2/c1-10-7-17(8-11(2)19-10)9-14(18)16-13-5-3-4-12(15)6-13/h3-6,10-11H,7-9H2,1-2H3,(H,16,18)/p+1/t10-,11-/m0/s1. The zero-order valence-corrected chi connectivity index (χ0v) is 11.3. The van der Waals surface area contributed by atoms with Gasteiger partial charge in [0.1, 0.15) is 31.1 Å². The molecule has 1 heterocycles. The van der Waals surface area contributed by atoms with E-state index in [-0.39, 0.29) is 23.9 Å². The van der Waals surface area contributed by atoms with Crippen molar-refractivity contribution < 1.29 is 18.8 Å². The maximum Gasteiger partial charge on any atom is 0.279 e. The van der Waals surface area contributed by atoms with Crippen LogP contribution in [0.15, 0.2) is 24.3 Å². The van der Waals surface area contributed by atoms with Gasteiger partial charge in [-0.1, -0.05) is 6.07 Å². The maximum atomic E-state index is 13.0. The molecule has 1 fully saturated rings. The summed E-state index contributed by atoms with van der Waals surface area (Å²) in [6.07, 6.45) is 0.335. The molecule has 1 amide bonds. The molecule has 1 aromatic rings. The van der Waals surface area contributed by atoms with Crippen LogP contribution >= 0.6 is 0 Å². The van der Waals surface area contributed by atoms with Crippen molar-refractivity contribution in [3.8, 4) is 0 Å². The number of anilines is 1. The molecule has 0 radical (unpaired) electrons. The van der Waals surface area contributed by atoms with E-state index in [2.05, 4.69) is 5.32 Å². The summed E-state index contributed by atoms with van der Waals surface area (Å²) in [7, 11) is 0. The highest BCUT2D eigenvalue weighted by molar-refractivity contribution is 5.91. The summed E-state index contributed by atoms with van der Waals surface area (Å²) in [4.78, 5) is 13.1. The molecule has 2 atom stereocenters. The van der Waals surface area contributed by atoms with Gasteiger partial charge in [0.05, 0.1) is 0 Å². The van der Waals surface area contributed by atoms with Gasteiger partial charge in [0.25, 0.3) is 5.91 Å². The van der Waals surface area contributed by atoms with Gasteiger partial charge in [0, 0.05) is 5.69 Å². The van der Waals surface area contributed by atoms with E-state index in [1.807, 2.05) is 13.8 Å². The molecular formula is C14H20FN2O2+. The van der Waals surface area contributed by atoms with Gasteiger partial charge in [0.2, 0.25) is 0 Å².